The maximum atomic E-state index is 12.1. The van der Waals surface area contributed by atoms with Crippen molar-refractivity contribution in [3.05, 3.63) is 29.3 Å². The third-order valence-corrected chi connectivity index (χ3v) is 5.08. The van der Waals surface area contributed by atoms with Crippen molar-refractivity contribution in [1.29, 1.82) is 0 Å². The van der Waals surface area contributed by atoms with E-state index in [9.17, 15) is 13.5 Å². The van der Waals surface area contributed by atoms with Crippen LogP contribution in [0.1, 0.15) is 19.3 Å². The van der Waals surface area contributed by atoms with Crippen LogP contribution in [0, 0.1) is 5.92 Å². The van der Waals surface area contributed by atoms with Crippen LogP contribution < -0.4 is 4.72 Å². The number of halogens is 1. The van der Waals surface area contributed by atoms with Crippen LogP contribution in [0.15, 0.2) is 29.2 Å². The highest BCUT2D eigenvalue weighted by Crippen LogP contribution is 2.26. The van der Waals surface area contributed by atoms with Crippen molar-refractivity contribution in [2.45, 2.75) is 30.2 Å². The van der Waals surface area contributed by atoms with E-state index in [4.69, 9.17) is 11.6 Å². The van der Waals surface area contributed by atoms with Crippen molar-refractivity contribution in [2.24, 2.45) is 5.92 Å². The van der Waals surface area contributed by atoms with Crippen LogP contribution in [-0.2, 0) is 10.0 Å². The topological polar surface area (TPSA) is 66.4 Å². The molecule has 4 nitrogen and oxygen atoms in total. The summed E-state index contributed by atoms with van der Waals surface area (Å²) in [4.78, 5) is 0.204. The highest BCUT2D eigenvalue weighted by molar-refractivity contribution is 7.89. The lowest BCUT2D eigenvalue weighted by Gasteiger charge is -2.18. The number of nitrogens with one attached hydrogen (secondary N) is 1. The minimum absolute atomic E-state index is 0.0204. The Kier molecular flexibility index (Phi) is 4.27. The molecule has 0 heterocycles. The van der Waals surface area contributed by atoms with Gasteiger partial charge in [-0.05, 0) is 43.0 Å². The molecule has 2 rings (SSSR count). The van der Waals surface area contributed by atoms with Crippen LogP contribution in [0.2, 0.25) is 5.02 Å². The fourth-order valence-electron chi connectivity index (χ4n) is 2.29. The number of hydrogen-bond acceptors (Lipinski definition) is 3. The Balaban J connectivity index is 2.14. The first kappa shape index (κ1) is 13.8. The molecule has 0 bridgehead atoms. The fourth-order valence-corrected chi connectivity index (χ4v) is 3.76. The molecule has 18 heavy (non-hydrogen) atoms. The molecule has 2 N–H and O–H groups in total. The molecule has 0 radical (unpaired) electrons. The summed E-state index contributed by atoms with van der Waals surface area (Å²) < 4.78 is 26.9. The van der Waals surface area contributed by atoms with E-state index in [1.165, 1.54) is 12.1 Å². The summed E-state index contributed by atoms with van der Waals surface area (Å²) in [5.74, 6) is 0.0204. The van der Waals surface area contributed by atoms with Crippen LogP contribution in [0.3, 0.4) is 0 Å². The maximum Gasteiger partial charge on any atom is 0.240 e. The lowest BCUT2D eigenvalue weighted by atomic mass is 10.1. The maximum absolute atomic E-state index is 12.1. The molecule has 0 unspecified atom stereocenters. The predicted octanol–water partition coefficient (Wildman–Crippen LogP) is 1.78. The van der Waals surface area contributed by atoms with Crippen LogP contribution in [-0.4, -0.2) is 26.2 Å². The van der Waals surface area contributed by atoms with Gasteiger partial charge in [-0.3, -0.25) is 0 Å². The van der Waals surface area contributed by atoms with Gasteiger partial charge in [-0.1, -0.05) is 18.0 Å². The number of hydrogen-bond donors (Lipinski definition) is 2. The van der Waals surface area contributed by atoms with E-state index >= 15 is 0 Å². The minimum atomic E-state index is -3.52. The fraction of sp³-hybridized carbons (Fsp3) is 0.500. The Morgan fingerprint density at radius 2 is 1.94 bits per heavy atom. The van der Waals surface area contributed by atoms with Gasteiger partial charge in [0.2, 0.25) is 10.0 Å². The van der Waals surface area contributed by atoms with Gasteiger partial charge in [-0.15, -0.1) is 0 Å². The molecule has 0 spiro atoms. The molecule has 1 aromatic rings. The van der Waals surface area contributed by atoms with E-state index in [1.807, 2.05) is 0 Å². The van der Waals surface area contributed by atoms with Gasteiger partial charge in [0.1, 0.15) is 0 Å². The van der Waals surface area contributed by atoms with Crippen molar-refractivity contribution in [3.63, 3.8) is 0 Å². The molecule has 2 atom stereocenters. The molecular weight excluding hydrogens is 274 g/mol. The Bertz CT molecular complexity index is 501. The summed E-state index contributed by atoms with van der Waals surface area (Å²) >= 11 is 5.73. The lowest BCUT2D eigenvalue weighted by molar-refractivity contribution is 0.213. The SMILES string of the molecule is O=S(=O)(N[C@H]1CCC[C@H]1CO)c1ccc(Cl)cc1. The first-order valence-electron chi connectivity index (χ1n) is 5.91. The van der Waals surface area contributed by atoms with Gasteiger partial charge in [0.15, 0.2) is 0 Å². The summed E-state index contributed by atoms with van der Waals surface area (Å²) in [5.41, 5.74) is 0. The molecule has 100 valence electrons. The smallest absolute Gasteiger partial charge is 0.240 e. The third-order valence-electron chi connectivity index (χ3n) is 3.32. The van der Waals surface area contributed by atoms with Crippen molar-refractivity contribution in [1.82, 2.24) is 4.72 Å². The van der Waals surface area contributed by atoms with Gasteiger partial charge in [0.05, 0.1) is 4.90 Å². The molecule has 1 fully saturated rings. The van der Waals surface area contributed by atoms with Crippen molar-refractivity contribution < 1.29 is 13.5 Å². The Morgan fingerprint density at radius 3 is 2.56 bits per heavy atom. The second kappa shape index (κ2) is 5.57. The summed E-state index contributed by atoms with van der Waals surface area (Å²) in [6.07, 6.45) is 2.58. The van der Waals surface area contributed by atoms with E-state index in [0.29, 0.717) is 5.02 Å². The molecule has 1 aromatic carbocycles. The van der Waals surface area contributed by atoms with Gasteiger partial charge in [0.25, 0.3) is 0 Å². The van der Waals surface area contributed by atoms with Gasteiger partial charge in [-0.25, -0.2) is 13.1 Å². The molecule has 1 aliphatic carbocycles. The van der Waals surface area contributed by atoms with Crippen LogP contribution >= 0.6 is 11.6 Å². The Morgan fingerprint density at radius 1 is 1.28 bits per heavy atom. The van der Waals surface area contributed by atoms with Gasteiger partial charge in [0, 0.05) is 17.7 Å². The predicted molar refractivity (Wildman–Crippen MR) is 70.0 cm³/mol. The molecule has 0 aromatic heterocycles. The number of rotatable bonds is 4. The lowest BCUT2D eigenvalue weighted by Crippen LogP contribution is -2.38. The standard InChI is InChI=1S/C12H16ClNO3S/c13-10-4-6-11(7-5-10)18(16,17)14-12-3-1-2-9(12)8-15/h4-7,9,12,14-15H,1-3,8H2/t9-,12-/m0/s1. The summed E-state index contributed by atoms with van der Waals surface area (Å²) in [7, 11) is -3.52. The summed E-state index contributed by atoms with van der Waals surface area (Å²) in [6.45, 7) is 0.0216. The van der Waals surface area contributed by atoms with E-state index in [0.717, 1.165) is 19.3 Å². The quantitative estimate of drug-likeness (QED) is 0.888. The summed E-state index contributed by atoms with van der Waals surface area (Å²) in [5, 5.41) is 9.69. The highest BCUT2D eigenvalue weighted by atomic mass is 35.5. The first-order chi connectivity index (χ1) is 8.53. The van der Waals surface area contributed by atoms with Crippen molar-refractivity contribution >= 4 is 21.6 Å². The van der Waals surface area contributed by atoms with Crippen LogP contribution in [0.5, 0.6) is 0 Å². The van der Waals surface area contributed by atoms with E-state index in [1.54, 1.807) is 12.1 Å². The minimum Gasteiger partial charge on any atom is -0.396 e. The molecule has 1 saturated carbocycles. The van der Waals surface area contributed by atoms with Crippen molar-refractivity contribution in [2.75, 3.05) is 6.61 Å². The second-order valence-electron chi connectivity index (χ2n) is 4.56. The van der Waals surface area contributed by atoms with E-state index < -0.39 is 10.0 Å². The normalized spacial score (nSPS) is 24.3. The third kappa shape index (κ3) is 3.03. The zero-order valence-corrected chi connectivity index (χ0v) is 11.4. The van der Waals surface area contributed by atoms with Gasteiger partial charge < -0.3 is 5.11 Å². The van der Waals surface area contributed by atoms with Gasteiger partial charge >= 0.3 is 0 Å². The van der Waals surface area contributed by atoms with E-state index in [-0.39, 0.29) is 23.5 Å². The van der Waals surface area contributed by atoms with Crippen LogP contribution in [0.4, 0.5) is 0 Å². The van der Waals surface area contributed by atoms with E-state index in [2.05, 4.69) is 4.72 Å². The van der Waals surface area contributed by atoms with Gasteiger partial charge in [-0.2, -0.15) is 0 Å². The monoisotopic (exact) mass is 289 g/mol. The zero-order chi connectivity index (χ0) is 13.2. The molecular formula is C12H16ClNO3S. The second-order valence-corrected chi connectivity index (χ2v) is 6.71. The zero-order valence-electron chi connectivity index (χ0n) is 9.84. The Hall–Kier alpha value is -0.620. The number of aliphatic hydroxyl groups is 1. The summed E-state index contributed by atoms with van der Waals surface area (Å²) in [6, 6.07) is 5.89. The average Bonchev–Trinajstić information content (AvgIpc) is 2.76. The largest absolute Gasteiger partial charge is 0.396 e. The molecule has 1 aliphatic rings. The molecule has 0 saturated heterocycles. The highest BCUT2D eigenvalue weighted by Gasteiger charge is 2.30. The number of benzene rings is 1. The van der Waals surface area contributed by atoms with Crippen LogP contribution in [0.25, 0.3) is 0 Å². The number of aliphatic hydroxyl groups excluding tert-OH is 1. The average molecular weight is 290 g/mol. The molecule has 0 amide bonds. The molecule has 0 aliphatic heterocycles. The number of sulfonamides is 1. The molecule has 6 heteroatoms. The Labute approximate surface area is 112 Å². The first-order valence-corrected chi connectivity index (χ1v) is 7.78. The van der Waals surface area contributed by atoms with Crippen molar-refractivity contribution in [3.8, 4) is 0 Å².